The fraction of sp³-hybridized carbons (Fsp3) is 0.476. The summed E-state index contributed by atoms with van der Waals surface area (Å²) in [6.45, 7) is 8.25. The highest BCUT2D eigenvalue weighted by Gasteiger charge is 2.27. The van der Waals surface area contributed by atoms with Crippen LogP contribution in [0.15, 0.2) is 41.1 Å². The lowest BCUT2D eigenvalue weighted by Gasteiger charge is -2.36. The third-order valence-corrected chi connectivity index (χ3v) is 6.56. The van der Waals surface area contributed by atoms with E-state index >= 15 is 0 Å². The maximum atomic E-state index is 5.56. The third kappa shape index (κ3) is 4.30. The van der Waals surface area contributed by atoms with Crippen LogP contribution in [0.4, 0.5) is 0 Å². The molecule has 0 amide bonds. The van der Waals surface area contributed by atoms with Crippen molar-refractivity contribution in [2.75, 3.05) is 39.4 Å². The van der Waals surface area contributed by atoms with E-state index in [0.717, 1.165) is 43.3 Å². The van der Waals surface area contributed by atoms with Crippen LogP contribution < -0.4 is 0 Å². The molecule has 1 aromatic carbocycles. The number of aromatic nitrogens is 3. The summed E-state index contributed by atoms with van der Waals surface area (Å²) in [4.78, 5) is 15.2. The lowest BCUT2D eigenvalue weighted by atomic mass is 10.2. The van der Waals surface area contributed by atoms with Gasteiger partial charge in [0.15, 0.2) is 0 Å². The fourth-order valence-corrected chi connectivity index (χ4v) is 4.76. The summed E-state index contributed by atoms with van der Waals surface area (Å²) in [6.07, 6.45) is 1.67. The number of nitrogens with zero attached hydrogens (tertiary/aromatic N) is 5. The highest BCUT2D eigenvalue weighted by atomic mass is 32.1. The lowest BCUT2D eigenvalue weighted by Crippen LogP contribution is -2.46. The van der Waals surface area contributed by atoms with Gasteiger partial charge in [0.25, 0.3) is 0 Å². The summed E-state index contributed by atoms with van der Waals surface area (Å²) in [6, 6.07) is 10.0. The molecule has 9 heteroatoms. The lowest BCUT2D eigenvalue weighted by molar-refractivity contribution is -0.0442. The third-order valence-electron chi connectivity index (χ3n) is 5.56. The quantitative estimate of drug-likeness (QED) is 0.594. The van der Waals surface area contributed by atoms with E-state index in [0.29, 0.717) is 24.9 Å². The molecular formula is C21H25N5O3S. The zero-order valence-electron chi connectivity index (χ0n) is 16.9. The van der Waals surface area contributed by atoms with Crippen LogP contribution in [0.5, 0.6) is 0 Å². The highest BCUT2D eigenvalue weighted by Crippen LogP contribution is 2.28. The monoisotopic (exact) mass is 427 g/mol. The molecule has 158 valence electrons. The van der Waals surface area contributed by atoms with Crippen molar-refractivity contribution >= 4 is 11.3 Å². The number of benzene rings is 1. The van der Waals surface area contributed by atoms with Crippen LogP contribution in [-0.4, -0.2) is 64.3 Å². The van der Waals surface area contributed by atoms with Crippen LogP contribution >= 0.6 is 11.3 Å². The molecule has 3 aromatic rings. The summed E-state index contributed by atoms with van der Waals surface area (Å²) < 4.78 is 16.6. The Morgan fingerprint density at radius 2 is 1.87 bits per heavy atom. The van der Waals surface area contributed by atoms with Crippen molar-refractivity contribution in [3.63, 3.8) is 0 Å². The minimum Gasteiger partial charge on any atom is -0.344 e. The first kappa shape index (κ1) is 19.8. The average Bonchev–Trinajstić information content (AvgIpc) is 3.56. The van der Waals surface area contributed by atoms with Crippen molar-refractivity contribution in [2.45, 2.75) is 25.8 Å². The van der Waals surface area contributed by atoms with Crippen LogP contribution in [0, 0.1) is 0 Å². The molecule has 0 spiro atoms. The molecule has 5 rings (SSSR count). The smallest absolute Gasteiger partial charge is 0.244 e. The number of piperazine rings is 1. The maximum absolute atomic E-state index is 5.56. The Kier molecular flexibility index (Phi) is 5.87. The zero-order valence-corrected chi connectivity index (χ0v) is 17.8. The molecule has 0 unspecified atom stereocenters. The first-order valence-electron chi connectivity index (χ1n) is 10.3. The van der Waals surface area contributed by atoms with E-state index in [1.165, 1.54) is 4.88 Å². The topological polar surface area (TPSA) is 76.8 Å². The minimum atomic E-state index is -0.281. The van der Waals surface area contributed by atoms with E-state index in [-0.39, 0.29) is 12.3 Å². The van der Waals surface area contributed by atoms with Gasteiger partial charge in [0.2, 0.25) is 18.0 Å². The largest absolute Gasteiger partial charge is 0.344 e. The molecule has 0 radical (unpaired) electrons. The number of hydrogen-bond donors (Lipinski definition) is 0. The SMILES string of the molecule is C[C@H](c1nc(-c2ccccc2)no1)N1CCN(Cc2cnc(C3OCCO3)s2)CC1. The Hall–Kier alpha value is -2.17. The zero-order chi connectivity index (χ0) is 20.3. The predicted octanol–water partition coefficient (Wildman–Crippen LogP) is 3.12. The summed E-state index contributed by atoms with van der Waals surface area (Å²) in [7, 11) is 0. The van der Waals surface area contributed by atoms with Crippen LogP contribution in [0.2, 0.25) is 0 Å². The Morgan fingerprint density at radius 3 is 2.63 bits per heavy atom. The number of ether oxygens (including phenoxy) is 2. The molecule has 8 nitrogen and oxygen atoms in total. The second-order valence-electron chi connectivity index (χ2n) is 7.55. The molecule has 2 aliphatic rings. The van der Waals surface area contributed by atoms with E-state index < -0.39 is 0 Å². The fourth-order valence-electron chi connectivity index (χ4n) is 3.80. The first-order valence-corrected chi connectivity index (χ1v) is 11.1. The number of hydrogen-bond acceptors (Lipinski definition) is 9. The van der Waals surface area contributed by atoms with E-state index in [9.17, 15) is 0 Å². The van der Waals surface area contributed by atoms with Gasteiger partial charge in [0, 0.05) is 49.4 Å². The van der Waals surface area contributed by atoms with Crippen LogP contribution in [0.1, 0.15) is 35.0 Å². The van der Waals surface area contributed by atoms with E-state index in [4.69, 9.17) is 14.0 Å². The molecule has 0 saturated carbocycles. The maximum Gasteiger partial charge on any atom is 0.244 e. The molecule has 0 aliphatic carbocycles. The Labute approximate surface area is 179 Å². The van der Waals surface area contributed by atoms with E-state index in [1.54, 1.807) is 11.3 Å². The summed E-state index contributed by atoms with van der Waals surface area (Å²) >= 11 is 1.68. The highest BCUT2D eigenvalue weighted by molar-refractivity contribution is 7.11. The molecule has 0 bridgehead atoms. The standard InChI is InChI=1S/C21H25N5O3S/c1-15(19-23-18(24-29-19)16-5-3-2-4-6-16)26-9-7-25(8-10-26)14-17-13-22-20(30-17)21-27-11-12-28-21/h2-6,13,15,21H,7-12,14H2,1H3/t15-/m1/s1. The molecule has 2 fully saturated rings. The number of thiazole rings is 1. The van der Waals surface area contributed by atoms with Crippen molar-refractivity contribution in [3.05, 3.63) is 52.3 Å². The van der Waals surface area contributed by atoms with Crippen LogP contribution in [0.3, 0.4) is 0 Å². The van der Waals surface area contributed by atoms with Crippen molar-refractivity contribution in [2.24, 2.45) is 0 Å². The van der Waals surface area contributed by atoms with Gasteiger partial charge in [-0.15, -0.1) is 11.3 Å². The molecule has 2 aliphatic heterocycles. The van der Waals surface area contributed by atoms with Gasteiger partial charge in [0.05, 0.1) is 19.3 Å². The molecule has 2 saturated heterocycles. The second-order valence-corrected chi connectivity index (χ2v) is 8.70. The normalized spacial score (nSPS) is 20.0. The number of rotatable bonds is 6. The van der Waals surface area contributed by atoms with Gasteiger partial charge in [0.1, 0.15) is 5.01 Å². The molecule has 2 aromatic heterocycles. The van der Waals surface area contributed by atoms with E-state index in [1.807, 2.05) is 36.5 Å². The van der Waals surface area contributed by atoms with E-state index in [2.05, 4.69) is 31.8 Å². The van der Waals surface area contributed by atoms with Crippen molar-refractivity contribution in [1.29, 1.82) is 0 Å². The van der Waals surface area contributed by atoms with Gasteiger partial charge < -0.3 is 14.0 Å². The predicted molar refractivity (Wildman–Crippen MR) is 112 cm³/mol. The van der Waals surface area contributed by atoms with Crippen molar-refractivity contribution in [1.82, 2.24) is 24.9 Å². The van der Waals surface area contributed by atoms with Gasteiger partial charge in [-0.25, -0.2) is 4.98 Å². The van der Waals surface area contributed by atoms with Crippen LogP contribution in [0.25, 0.3) is 11.4 Å². The second kappa shape index (κ2) is 8.91. The minimum absolute atomic E-state index is 0.101. The van der Waals surface area contributed by atoms with Crippen molar-refractivity contribution < 1.29 is 14.0 Å². The van der Waals surface area contributed by atoms with Gasteiger partial charge in [-0.05, 0) is 6.92 Å². The Balaban J connectivity index is 1.15. The molecule has 30 heavy (non-hydrogen) atoms. The molecule has 1 atom stereocenters. The summed E-state index contributed by atoms with van der Waals surface area (Å²) in [5, 5.41) is 5.08. The Bertz CT molecular complexity index is 948. The molecule has 0 N–H and O–H groups in total. The molecular weight excluding hydrogens is 402 g/mol. The van der Waals surface area contributed by atoms with Gasteiger partial charge in [-0.3, -0.25) is 9.80 Å². The average molecular weight is 428 g/mol. The van der Waals surface area contributed by atoms with Gasteiger partial charge >= 0.3 is 0 Å². The van der Waals surface area contributed by atoms with Crippen LogP contribution in [-0.2, 0) is 16.0 Å². The summed E-state index contributed by atoms with van der Waals surface area (Å²) in [5.74, 6) is 1.32. The van der Waals surface area contributed by atoms with Crippen molar-refractivity contribution in [3.8, 4) is 11.4 Å². The van der Waals surface area contributed by atoms with Gasteiger partial charge in [-0.1, -0.05) is 35.5 Å². The summed E-state index contributed by atoms with van der Waals surface area (Å²) in [5.41, 5.74) is 0.974. The Morgan fingerprint density at radius 1 is 1.10 bits per heavy atom. The molecule has 4 heterocycles. The first-order chi connectivity index (χ1) is 14.8. The van der Waals surface area contributed by atoms with Gasteiger partial charge in [-0.2, -0.15) is 4.98 Å².